The van der Waals surface area contributed by atoms with Crippen LogP contribution in [-0.2, 0) is 14.3 Å². The van der Waals surface area contributed by atoms with E-state index in [0.717, 1.165) is 6.07 Å². The van der Waals surface area contributed by atoms with Crippen LogP contribution >= 0.6 is 0 Å². The Morgan fingerprint density at radius 1 is 1.15 bits per heavy atom. The van der Waals surface area contributed by atoms with Crippen molar-refractivity contribution in [2.24, 2.45) is 5.92 Å². The number of benzene rings is 2. The van der Waals surface area contributed by atoms with Crippen molar-refractivity contribution in [2.45, 2.75) is 19.9 Å². The van der Waals surface area contributed by atoms with Crippen LogP contribution in [0.2, 0.25) is 0 Å². The van der Waals surface area contributed by atoms with E-state index in [-0.39, 0.29) is 30.0 Å². The fraction of sp³-hybridized carbons (Fsp3) is 0.360. The highest BCUT2D eigenvalue weighted by atomic mass is 19.1. The molecule has 1 fully saturated rings. The van der Waals surface area contributed by atoms with Crippen LogP contribution in [0, 0.1) is 11.7 Å². The van der Waals surface area contributed by atoms with Gasteiger partial charge in [0.25, 0.3) is 11.7 Å². The summed E-state index contributed by atoms with van der Waals surface area (Å²) in [6.07, 6.45) is 0. The molecule has 0 aliphatic carbocycles. The zero-order valence-electron chi connectivity index (χ0n) is 19.1. The van der Waals surface area contributed by atoms with Crippen LogP contribution in [0.5, 0.6) is 11.5 Å². The smallest absolute Gasteiger partial charge is 0.295 e. The van der Waals surface area contributed by atoms with Gasteiger partial charge in [-0.25, -0.2) is 4.39 Å². The quantitative estimate of drug-likeness (QED) is 0.349. The van der Waals surface area contributed by atoms with Gasteiger partial charge in [0, 0.05) is 13.7 Å². The Morgan fingerprint density at radius 3 is 2.58 bits per heavy atom. The van der Waals surface area contributed by atoms with Gasteiger partial charge in [0.2, 0.25) is 0 Å². The predicted octanol–water partition coefficient (Wildman–Crippen LogP) is 3.94. The summed E-state index contributed by atoms with van der Waals surface area (Å²) < 4.78 is 30.1. The first-order valence-corrected chi connectivity index (χ1v) is 10.6. The summed E-state index contributed by atoms with van der Waals surface area (Å²) >= 11 is 0. The SMILES string of the molecule is COCCN1C(=O)C(=O)/C(=C(/O)c2cc(F)ccc2OC)C1c1cccc(OCC(C)C)c1. The second-order valence-corrected chi connectivity index (χ2v) is 8.11. The Morgan fingerprint density at radius 2 is 1.91 bits per heavy atom. The number of carbonyl (C=O) groups is 2. The molecule has 176 valence electrons. The first-order chi connectivity index (χ1) is 15.8. The Labute approximate surface area is 192 Å². The number of methoxy groups -OCH3 is 2. The molecule has 7 nitrogen and oxygen atoms in total. The Bertz CT molecular complexity index is 1060. The lowest BCUT2D eigenvalue weighted by atomic mass is 9.94. The van der Waals surface area contributed by atoms with Gasteiger partial charge in [-0.2, -0.15) is 0 Å². The zero-order valence-corrected chi connectivity index (χ0v) is 19.1. The number of rotatable bonds is 9. The van der Waals surface area contributed by atoms with E-state index in [1.165, 1.54) is 31.3 Å². The number of halogens is 1. The molecule has 0 radical (unpaired) electrons. The van der Waals surface area contributed by atoms with Crippen molar-refractivity contribution >= 4 is 17.4 Å². The summed E-state index contributed by atoms with van der Waals surface area (Å²) in [5.41, 5.74) is 0.406. The molecular formula is C25H28FNO6. The van der Waals surface area contributed by atoms with Gasteiger partial charge in [-0.3, -0.25) is 9.59 Å². The largest absolute Gasteiger partial charge is 0.507 e. The molecule has 2 aromatic carbocycles. The lowest BCUT2D eigenvalue weighted by Crippen LogP contribution is -2.32. The number of hydrogen-bond acceptors (Lipinski definition) is 6. The van der Waals surface area contributed by atoms with Crippen molar-refractivity contribution in [1.29, 1.82) is 0 Å². The summed E-state index contributed by atoms with van der Waals surface area (Å²) in [5.74, 6) is -1.72. The van der Waals surface area contributed by atoms with E-state index in [4.69, 9.17) is 14.2 Å². The van der Waals surface area contributed by atoms with Gasteiger partial charge < -0.3 is 24.2 Å². The molecule has 8 heteroatoms. The highest BCUT2D eigenvalue weighted by Crippen LogP contribution is 2.41. The van der Waals surface area contributed by atoms with E-state index < -0.39 is 29.3 Å². The third kappa shape index (κ3) is 5.17. The average molecular weight is 457 g/mol. The number of ether oxygens (including phenoxy) is 3. The Hall–Kier alpha value is -3.39. The molecule has 1 saturated heterocycles. The number of nitrogens with zero attached hydrogens (tertiary/aromatic N) is 1. The highest BCUT2D eigenvalue weighted by Gasteiger charge is 2.46. The molecule has 0 aromatic heterocycles. The minimum atomic E-state index is -0.907. The minimum Gasteiger partial charge on any atom is -0.507 e. The van der Waals surface area contributed by atoms with E-state index in [1.807, 2.05) is 13.8 Å². The number of carbonyl (C=O) groups excluding carboxylic acids is 2. The van der Waals surface area contributed by atoms with E-state index in [1.54, 1.807) is 24.3 Å². The van der Waals surface area contributed by atoms with Gasteiger partial charge in [-0.15, -0.1) is 0 Å². The Kier molecular flexibility index (Phi) is 7.71. The van der Waals surface area contributed by atoms with Crippen LogP contribution in [0.1, 0.15) is 31.0 Å². The maximum atomic E-state index is 14.0. The monoisotopic (exact) mass is 457 g/mol. The summed E-state index contributed by atoms with van der Waals surface area (Å²) in [7, 11) is 2.86. The summed E-state index contributed by atoms with van der Waals surface area (Å²) in [5, 5.41) is 11.1. The van der Waals surface area contributed by atoms with Crippen molar-refractivity contribution in [3.05, 3.63) is 65.0 Å². The first kappa shape index (κ1) is 24.3. The molecule has 1 atom stereocenters. The molecule has 3 rings (SSSR count). The van der Waals surface area contributed by atoms with Crippen LogP contribution in [-0.4, -0.2) is 55.7 Å². The second-order valence-electron chi connectivity index (χ2n) is 8.11. The van der Waals surface area contributed by atoms with E-state index in [2.05, 4.69) is 0 Å². The van der Waals surface area contributed by atoms with Crippen molar-refractivity contribution < 1.29 is 33.3 Å². The summed E-state index contributed by atoms with van der Waals surface area (Å²) in [6.45, 7) is 4.86. The molecule has 1 aliphatic heterocycles. The highest BCUT2D eigenvalue weighted by molar-refractivity contribution is 6.46. The van der Waals surface area contributed by atoms with Gasteiger partial charge in [-0.05, 0) is 41.8 Å². The molecule has 0 spiro atoms. The lowest BCUT2D eigenvalue weighted by molar-refractivity contribution is -0.140. The molecule has 1 unspecified atom stereocenters. The van der Waals surface area contributed by atoms with Crippen LogP contribution < -0.4 is 9.47 Å². The predicted molar refractivity (Wildman–Crippen MR) is 121 cm³/mol. The maximum absolute atomic E-state index is 14.0. The number of ketones is 1. The second kappa shape index (κ2) is 10.5. The third-order valence-electron chi connectivity index (χ3n) is 5.25. The van der Waals surface area contributed by atoms with Crippen LogP contribution in [0.15, 0.2) is 48.0 Å². The molecule has 0 saturated carbocycles. The first-order valence-electron chi connectivity index (χ1n) is 10.6. The summed E-state index contributed by atoms with van der Waals surface area (Å²) in [6, 6.07) is 9.70. The number of aliphatic hydroxyl groups excluding tert-OH is 1. The molecule has 1 heterocycles. The van der Waals surface area contributed by atoms with Gasteiger partial charge in [0.15, 0.2) is 0 Å². The molecule has 2 aromatic rings. The number of aliphatic hydroxyl groups is 1. The van der Waals surface area contributed by atoms with Gasteiger partial charge >= 0.3 is 0 Å². The fourth-order valence-electron chi connectivity index (χ4n) is 3.69. The van der Waals surface area contributed by atoms with Gasteiger partial charge in [0.1, 0.15) is 23.1 Å². The van der Waals surface area contributed by atoms with Crippen molar-refractivity contribution in [3.63, 3.8) is 0 Å². The van der Waals surface area contributed by atoms with Gasteiger partial charge in [-0.1, -0.05) is 26.0 Å². The number of amides is 1. The number of likely N-dealkylation sites (tertiary alicyclic amines) is 1. The molecule has 1 aliphatic rings. The molecule has 33 heavy (non-hydrogen) atoms. The Balaban J connectivity index is 2.17. The number of Topliss-reactive ketones (excluding diaryl/α,β-unsaturated/α-hetero) is 1. The third-order valence-corrected chi connectivity index (χ3v) is 5.25. The molecule has 1 N–H and O–H groups in total. The summed E-state index contributed by atoms with van der Waals surface area (Å²) in [4.78, 5) is 27.3. The molecule has 0 bridgehead atoms. The average Bonchev–Trinajstić information content (AvgIpc) is 3.05. The van der Waals surface area contributed by atoms with Crippen LogP contribution in [0.3, 0.4) is 0 Å². The molecular weight excluding hydrogens is 429 g/mol. The van der Waals surface area contributed by atoms with Crippen molar-refractivity contribution in [2.75, 3.05) is 34.0 Å². The van der Waals surface area contributed by atoms with Crippen molar-refractivity contribution in [3.8, 4) is 11.5 Å². The minimum absolute atomic E-state index is 0.0144. The standard InChI is InChI=1S/C25H28FNO6/c1-15(2)14-33-18-7-5-6-16(12-18)22-21(24(29)25(30)27(22)10-11-31-3)23(28)19-13-17(26)8-9-20(19)32-4/h5-9,12-13,15,22,28H,10-11,14H2,1-4H3/b23-21+. The molecule has 1 amide bonds. The van der Waals surface area contributed by atoms with Crippen LogP contribution in [0.25, 0.3) is 5.76 Å². The number of hydrogen-bond donors (Lipinski definition) is 1. The van der Waals surface area contributed by atoms with E-state index in [9.17, 15) is 19.1 Å². The van der Waals surface area contributed by atoms with Gasteiger partial charge in [0.05, 0.1) is 37.5 Å². The normalized spacial score (nSPS) is 17.6. The van der Waals surface area contributed by atoms with E-state index in [0.29, 0.717) is 23.8 Å². The van der Waals surface area contributed by atoms with Crippen LogP contribution in [0.4, 0.5) is 4.39 Å². The topological polar surface area (TPSA) is 85.3 Å². The van der Waals surface area contributed by atoms with E-state index >= 15 is 0 Å². The fourth-order valence-corrected chi connectivity index (χ4v) is 3.69. The zero-order chi connectivity index (χ0) is 24.1. The van der Waals surface area contributed by atoms with Crippen molar-refractivity contribution in [1.82, 2.24) is 4.90 Å². The lowest BCUT2D eigenvalue weighted by Gasteiger charge is -2.25. The maximum Gasteiger partial charge on any atom is 0.295 e.